The average Bonchev–Trinajstić information content (AvgIpc) is 3.28. The van der Waals surface area contributed by atoms with Crippen LogP contribution in [0.5, 0.6) is 5.75 Å². The lowest BCUT2D eigenvalue weighted by Gasteiger charge is -2.09. The number of ether oxygens (including phenoxy) is 1. The van der Waals surface area contributed by atoms with Gasteiger partial charge in [0.05, 0.1) is 29.8 Å². The molecule has 0 fully saturated rings. The first-order valence-corrected chi connectivity index (χ1v) is 11.4. The Morgan fingerprint density at radius 2 is 1.85 bits per heavy atom. The van der Waals surface area contributed by atoms with Gasteiger partial charge in [0, 0.05) is 22.5 Å². The first-order valence-electron chi connectivity index (χ1n) is 9.99. The lowest BCUT2D eigenvalue weighted by Crippen LogP contribution is -2.15. The monoisotopic (exact) mass is 474 g/mol. The van der Waals surface area contributed by atoms with Crippen molar-refractivity contribution >= 4 is 35.0 Å². The predicted molar refractivity (Wildman–Crippen MR) is 131 cm³/mol. The maximum atomic E-state index is 12.6. The number of benzene rings is 3. The van der Waals surface area contributed by atoms with Crippen LogP contribution in [0.3, 0.4) is 0 Å². The Balaban J connectivity index is 1.59. The second kappa shape index (κ2) is 10.3. The normalized spacial score (nSPS) is 10.5. The van der Waals surface area contributed by atoms with E-state index in [9.17, 15) is 10.1 Å². The summed E-state index contributed by atoms with van der Waals surface area (Å²) in [5.74, 6) is 0.661. The Labute approximate surface area is 200 Å². The summed E-state index contributed by atoms with van der Waals surface area (Å²) in [6.07, 6.45) is 1.93. The van der Waals surface area contributed by atoms with Crippen LogP contribution in [0.15, 0.2) is 84.1 Å². The Hall–Kier alpha value is -3.73. The number of aromatic nitrogens is 2. The zero-order chi connectivity index (χ0) is 23.2. The smallest absolute Gasteiger partial charge is 0.234 e. The number of halogens is 1. The predicted octanol–water partition coefficient (Wildman–Crippen LogP) is 5.80. The van der Waals surface area contributed by atoms with Crippen molar-refractivity contribution in [3.8, 4) is 28.8 Å². The summed E-state index contributed by atoms with van der Waals surface area (Å²) in [4.78, 5) is 17.4. The van der Waals surface area contributed by atoms with E-state index >= 15 is 0 Å². The molecule has 0 aliphatic rings. The van der Waals surface area contributed by atoms with Crippen LogP contribution < -0.4 is 10.1 Å². The summed E-state index contributed by atoms with van der Waals surface area (Å²) >= 11 is 7.34. The highest BCUT2D eigenvalue weighted by Crippen LogP contribution is 2.29. The van der Waals surface area contributed by atoms with E-state index in [1.807, 2.05) is 59.3 Å². The van der Waals surface area contributed by atoms with Crippen molar-refractivity contribution in [2.75, 3.05) is 18.2 Å². The standard InChI is InChI=1S/C25H19ClN4O2S/c1-32-21-12-10-20(11-13-21)30-15-23(17-6-8-19(26)9-7-17)29-25(30)33-16-24(31)28-22-5-3-2-4-18(22)14-27/h2-13,15H,16H2,1H3,(H,28,31). The van der Waals surface area contributed by atoms with E-state index in [1.54, 1.807) is 31.4 Å². The molecular formula is C25H19ClN4O2S. The molecule has 0 unspecified atom stereocenters. The maximum Gasteiger partial charge on any atom is 0.234 e. The van der Waals surface area contributed by atoms with Gasteiger partial charge in [-0.3, -0.25) is 9.36 Å². The molecule has 1 amide bonds. The van der Waals surface area contributed by atoms with Gasteiger partial charge < -0.3 is 10.1 Å². The molecular weight excluding hydrogens is 456 g/mol. The molecule has 4 aromatic rings. The Kier molecular flexibility index (Phi) is 6.98. The molecule has 1 aromatic heterocycles. The summed E-state index contributed by atoms with van der Waals surface area (Å²) in [6.45, 7) is 0. The number of methoxy groups -OCH3 is 1. The number of hydrogen-bond acceptors (Lipinski definition) is 5. The molecule has 0 aliphatic carbocycles. The minimum atomic E-state index is -0.222. The summed E-state index contributed by atoms with van der Waals surface area (Å²) in [5.41, 5.74) is 3.48. The second-order valence-corrected chi connectivity index (χ2v) is 8.36. The number of nitriles is 1. The molecule has 0 saturated heterocycles. The maximum absolute atomic E-state index is 12.6. The van der Waals surface area contributed by atoms with Crippen LogP contribution >= 0.6 is 23.4 Å². The minimum absolute atomic E-state index is 0.132. The number of carbonyl (C=O) groups is 1. The van der Waals surface area contributed by atoms with Gasteiger partial charge >= 0.3 is 0 Å². The fourth-order valence-corrected chi connectivity index (χ4v) is 4.08. The third-order valence-electron chi connectivity index (χ3n) is 4.82. The summed E-state index contributed by atoms with van der Waals surface area (Å²) in [7, 11) is 1.62. The van der Waals surface area contributed by atoms with E-state index in [0.29, 0.717) is 21.4 Å². The molecule has 0 aliphatic heterocycles. The van der Waals surface area contributed by atoms with Crippen molar-refractivity contribution in [2.24, 2.45) is 0 Å². The number of anilines is 1. The van der Waals surface area contributed by atoms with E-state index in [2.05, 4.69) is 11.4 Å². The van der Waals surface area contributed by atoms with Crippen LogP contribution in [-0.2, 0) is 4.79 Å². The largest absolute Gasteiger partial charge is 0.497 e. The molecule has 0 saturated carbocycles. The van der Waals surface area contributed by atoms with Gasteiger partial charge in [-0.25, -0.2) is 4.98 Å². The second-order valence-electron chi connectivity index (χ2n) is 6.98. The molecule has 0 atom stereocenters. The molecule has 8 heteroatoms. The summed E-state index contributed by atoms with van der Waals surface area (Å²) in [5, 5.41) is 13.3. The number of carbonyl (C=O) groups excluding carboxylic acids is 1. The highest BCUT2D eigenvalue weighted by atomic mass is 35.5. The van der Waals surface area contributed by atoms with Crippen LogP contribution in [0.1, 0.15) is 5.56 Å². The van der Waals surface area contributed by atoms with Crippen molar-refractivity contribution in [1.82, 2.24) is 9.55 Å². The first kappa shape index (κ1) is 22.5. The van der Waals surface area contributed by atoms with Crippen LogP contribution in [0.25, 0.3) is 16.9 Å². The van der Waals surface area contributed by atoms with Gasteiger partial charge in [0.1, 0.15) is 11.8 Å². The number of nitrogens with zero attached hydrogens (tertiary/aromatic N) is 3. The van der Waals surface area contributed by atoms with Gasteiger partial charge in [-0.15, -0.1) is 0 Å². The Bertz CT molecular complexity index is 1310. The number of nitrogens with one attached hydrogen (secondary N) is 1. The van der Waals surface area contributed by atoms with Crippen molar-refractivity contribution < 1.29 is 9.53 Å². The van der Waals surface area contributed by atoms with Crippen molar-refractivity contribution in [3.63, 3.8) is 0 Å². The Morgan fingerprint density at radius 3 is 2.55 bits per heavy atom. The van der Waals surface area contributed by atoms with Crippen molar-refractivity contribution in [1.29, 1.82) is 5.26 Å². The lowest BCUT2D eigenvalue weighted by atomic mass is 10.2. The SMILES string of the molecule is COc1ccc(-n2cc(-c3ccc(Cl)cc3)nc2SCC(=O)Nc2ccccc2C#N)cc1. The zero-order valence-corrected chi connectivity index (χ0v) is 19.2. The molecule has 3 aromatic carbocycles. The highest BCUT2D eigenvalue weighted by molar-refractivity contribution is 7.99. The number of rotatable bonds is 7. The minimum Gasteiger partial charge on any atom is -0.497 e. The molecule has 1 N–H and O–H groups in total. The fraction of sp³-hybridized carbons (Fsp3) is 0.0800. The van der Waals surface area contributed by atoms with Gasteiger partial charge in [0.15, 0.2) is 5.16 Å². The number of thioether (sulfide) groups is 1. The van der Waals surface area contributed by atoms with E-state index in [-0.39, 0.29) is 11.7 Å². The average molecular weight is 475 g/mol. The van der Waals surface area contributed by atoms with Gasteiger partial charge in [0.2, 0.25) is 5.91 Å². The molecule has 33 heavy (non-hydrogen) atoms. The third-order valence-corrected chi connectivity index (χ3v) is 6.02. The lowest BCUT2D eigenvalue weighted by molar-refractivity contribution is -0.113. The first-order chi connectivity index (χ1) is 16.1. The molecule has 0 bridgehead atoms. The fourth-order valence-electron chi connectivity index (χ4n) is 3.16. The summed E-state index contributed by atoms with van der Waals surface area (Å²) < 4.78 is 7.19. The van der Waals surface area contributed by atoms with Crippen molar-refractivity contribution in [2.45, 2.75) is 5.16 Å². The molecule has 4 rings (SSSR count). The van der Waals surface area contributed by atoms with Crippen molar-refractivity contribution in [3.05, 3.63) is 89.6 Å². The quantitative estimate of drug-likeness (QED) is 0.342. The number of imidazole rings is 1. The molecule has 6 nitrogen and oxygen atoms in total. The topological polar surface area (TPSA) is 79.9 Å². The zero-order valence-electron chi connectivity index (χ0n) is 17.7. The number of hydrogen-bond donors (Lipinski definition) is 1. The van der Waals surface area contributed by atoms with Gasteiger partial charge in [-0.2, -0.15) is 5.26 Å². The Morgan fingerprint density at radius 1 is 1.12 bits per heavy atom. The van der Waals surface area contributed by atoms with Crippen LogP contribution in [-0.4, -0.2) is 28.3 Å². The molecule has 0 radical (unpaired) electrons. The van der Waals surface area contributed by atoms with E-state index in [4.69, 9.17) is 21.3 Å². The van der Waals surface area contributed by atoms with Crippen LogP contribution in [0.4, 0.5) is 5.69 Å². The van der Waals surface area contributed by atoms with Gasteiger partial charge in [-0.05, 0) is 48.5 Å². The molecule has 164 valence electrons. The van der Waals surface area contributed by atoms with E-state index < -0.39 is 0 Å². The van der Waals surface area contributed by atoms with Gasteiger partial charge in [-0.1, -0.05) is 47.6 Å². The molecule has 0 spiro atoms. The van der Waals surface area contributed by atoms with Crippen LogP contribution in [0, 0.1) is 11.3 Å². The van der Waals surface area contributed by atoms with E-state index in [0.717, 1.165) is 22.7 Å². The number of amides is 1. The van der Waals surface area contributed by atoms with Gasteiger partial charge in [0.25, 0.3) is 0 Å². The number of para-hydroxylation sites is 1. The summed E-state index contributed by atoms with van der Waals surface area (Å²) in [6, 6.07) is 24.0. The van der Waals surface area contributed by atoms with Crippen LogP contribution in [0.2, 0.25) is 5.02 Å². The highest BCUT2D eigenvalue weighted by Gasteiger charge is 2.15. The third kappa shape index (κ3) is 5.37. The molecule has 1 heterocycles. The van der Waals surface area contributed by atoms with E-state index in [1.165, 1.54) is 11.8 Å².